The average Bonchev–Trinajstić information content (AvgIpc) is 2.85. The third-order valence-electron chi connectivity index (χ3n) is 4.81. The quantitative estimate of drug-likeness (QED) is 0.347. The third kappa shape index (κ3) is 6.49. The standard InChI is InChI=1S/C25H24ClN3O5/c1-16-20(26)5-4-6-21(16)28-25(31)18-8-10-19(11-9-18)34-15-24(30)29-27-14-17-7-12-22(32-2)23(13-17)33-3/h4-14H,15H2,1-3H3,(H,28,31)(H,29,30)/b27-14-. The van der Waals surface area contributed by atoms with Crippen LogP contribution < -0.4 is 25.0 Å². The van der Waals surface area contributed by atoms with Gasteiger partial charge in [0.25, 0.3) is 11.8 Å². The lowest BCUT2D eigenvalue weighted by Gasteiger charge is -2.10. The summed E-state index contributed by atoms with van der Waals surface area (Å²) in [5.74, 6) is 0.879. The smallest absolute Gasteiger partial charge is 0.277 e. The van der Waals surface area contributed by atoms with Gasteiger partial charge in [-0.25, -0.2) is 5.43 Å². The number of nitrogens with one attached hydrogen (secondary N) is 2. The SMILES string of the molecule is COc1ccc(/C=N\NC(=O)COc2ccc(C(=O)Nc3cccc(Cl)c3C)cc2)cc1OC. The fraction of sp³-hybridized carbons (Fsp3) is 0.160. The van der Waals surface area contributed by atoms with Crippen molar-refractivity contribution in [1.82, 2.24) is 5.43 Å². The van der Waals surface area contributed by atoms with Crippen molar-refractivity contribution in [2.45, 2.75) is 6.92 Å². The van der Waals surface area contributed by atoms with Crippen LogP contribution in [0.3, 0.4) is 0 Å². The van der Waals surface area contributed by atoms with Crippen molar-refractivity contribution in [2.24, 2.45) is 5.10 Å². The molecule has 0 aliphatic carbocycles. The van der Waals surface area contributed by atoms with E-state index in [9.17, 15) is 9.59 Å². The lowest BCUT2D eigenvalue weighted by atomic mass is 10.1. The molecule has 0 aromatic heterocycles. The van der Waals surface area contributed by atoms with Gasteiger partial charge in [-0.1, -0.05) is 17.7 Å². The van der Waals surface area contributed by atoms with Gasteiger partial charge in [0.1, 0.15) is 5.75 Å². The van der Waals surface area contributed by atoms with E-state index >= 15 is 0 Å². The number of hydrogen-bond donors (Lipinski definition) is 2. The molecule has 3 aromatic rings. The number of carbonyl (C=O) groups excluding carboxylic acids is 2. The van der Waals surface area contributed by atoms with Crippen LogP contribution in [0.1, 0.15) is 21.5 Å². The molecule has 176 valence electrons. The maximum absolute atomic E-state index is 12.5. The zero-order chi connectivity index (χ0) is 24.5. The number of carbonyl (C=O) groups is 2. The molecule has 0 aliphatic rings. The van der Waals surface area contributed by atoms with E-state index in [1.54, 1.807) is 67.8 Å². The lowest BCUT2D eigenvalue weighted by molar-refractivity contribution is -0.123. The molecule has 0 unspecified atom stereocenters. The number of benzene rings is 3. The van der Waals surface area contributed by atoms with Crippen LogP contribution in [-0.4, -0.2) is 38.9 Å². The summed E-state index contributed by atoms with van der Waals surface area (Å²) in [6, 6.07) is 17.0. The van der Waals surface area contributed by atoms with Crippen LogP contribution in [-0.2, 0) is 4.79 Å². The first-order valence-corrected chi connectivity index (χ1v) is 10.6. The van der Waals surface area contributed by atoms with Crippen LogP contribution in [0.4, 0.5) is 5.69 Å². The van der Waals surface area contributed by atoms with Crippen molar-refractivity contribution < 1.29 is 23.8 Å². The Morgan fingerprint density at radius 2 is 1.74 bits per heavy atom. The van der Waals surface area contributed by atoms with E-state index in [-0.39, 0.29) is 12.5 Å². The van der Waals surface area contributed by atoms with Gasteiger partial charge in [0.15, 0.2) is 18.1 Å². The number of rotatable bonds is 9. The second kappa shape index (κ2) is 11.7. The van der Waals surface area contributed by atoms with Crippen LogP contribution in [0.2, 0.25) is 5.02 Å². The van der Waals surface area contributed by atoms with Crippen molar-refractivity contribution >= 4 is 35.3 Å². The summed E-state index contributed by atoms with van der Waals surface area (Å²) in [6.45, 7) is 1.59. The molecule has 34 heavy (non-hydrogen) atoms. The highest BCUT2D eigenvalue weighted by atomic mass is 35.5. The van der Waals surface area contributed by atoms with E-state index < -0.39 is 5.91 Å². The average molecular weight is 482 g/mol. The number of hydrogen-bond acceptors (Lipinski definition) is 6. The van der Waals surface area contributed by atoms with Gasteiger partial charge in [-0.2, -0.15) is 5.10 Å². The minimum absolute atomic E-state index is 0.240. The molecule has 0 aliphatic heterocycles. The number of ether oxygens (including phenoxy) is 3. The predicted octanol–water partition coefficient (Wildman–Crippen LogP) is 4.45. The molecule has 0 saturated carbocycles. The Labute approximate surface area is 202 Å². The largest absolute Gasteiger partial charge is 0.493 e. The Morgan fingerprint density at radius 1 is 1.00 bits per heavy atom. The van der Waals surface area contributed by atoms with E-state index in [4.69, 9.17) is 25.8 Å². The molecule has 0 bridgehead atoms. The molecule has 2 N–H and O–H groups in total. The molecule has 9 heteroatoms. The van der Waals surface area contributed by atoms with Crippen LogP contribution in [0.15, 0.2) is 65.8 Å². The van der Waals surface area contributed by atoms with Crippen LogP contribution in [0.25, 0.3) is 0 Å². The summed E-state index contributed by atoms with van der Waals surface area (Å²) in [6.07, 6.45) is 1.48. The molecule has 0 spiro atoms. The fourth-order valence-electron chi connectivity index (χ4n) is 2.93. The fourth-order valence-corrected chi connectivity index (χ4v) is 3.11. The number of amides is 2. The highest BCUT2D eigenvalue weighted by Crippen LogP contribution is 2.27. The van der Waals surface area contributed by atoms with E-state index in [1.165, 1.54) is 13.3 Å². The summed E-state index contributed by atoms with van der Waals surface area (Å²) in [4.78, 5) is 24.5. The van der Waals surface area contributed by atoms with E-state index in [0.717, 1.165) is 11.1 Å². The molecule has 0 atom stereocenters. The van der Waals surface area contributed by atoms with Gasteiger partial charge in [-0.15, -0.1) is 0 Å². The molecule has 3 aromatic carbocycles. The van der Waals surface area contributed by atoms with Gasteiger partial charge in [0.05, 0.1) is 20.4 Å². The predicted molar refractivity (Wildman–Crippen MR) is 131 cm³/mol. The lowest BCUT2D eigenvalue weighted by Crippen LogP contribution is -2.24. The maximum atomic E-state index is 12.5. The zero-order valence-electron chi connectivity index (χ0n) is 18.9. The molecular weight excluding hydrogens is 458 g/mol. The Morgan fingerprint density at radius 3 is 2.44 bits per heavy atom. The Kier molecular flexibility index (Phi) is 8.48. The summed E-state index contributed by atoms with van der Waals surface area (Å²) in [7, 11) is 3.09. The molecule has 3 rings (SSSR count). The third-order valence-corrected chi connectivity index (χ3v) is 5.22. The first kappa shape index (κ1) is 24.6. The van der Waals surface area contributed by atoms with E-state index in [1.807, 2.05) is 6.92 Å². The number of methoxy groups -OCH3 is 2. The normalized spacial score (nSPS) is 10.6. The summed E-state index contributed by atoms with van der Waals surface area (Å²) in [5.41, 5.74) is 4.99. The van der Waals surface area contributed by atoms with E-state index in [0.29, 0.717) is 33.5 Å². The maximum Gasteiger partial charge on any atom is 0.277 e. The number of halogens is 1. The van der Waals surface area contributed by atoms with Crippen molar-refractivity contribution in [3.8, 4) is 17.2 Å². The first-order chi connectivity index (χ1) is 16.4. The molecule has 0 fully saturated rings. The molecular formula is C25H24ClN3O5. The topological polar surface area (TPSA) is 98.3 Å². The van der Waals surface area contributed by atoms with Gasteiger partial charge in [-0.3, -0.25) is 9.59 Å². The zero-order valence-corrected chi connectivity index (χ0v) is 19.7. The Bertz CT molecular complexity index is 1200. The summed E-state index contributed by atoms with van der Waals surface area (Å²) < 4.78 is 15.9. The molecule has 0 saturated heterocycles. The monoisotopic (exact) mass is 481 g/mol. The number of hydrazone groups is 1. The van der Waals surface area contributed by atoms with Gasteiger partial charge >= 0.3 is 0 Å². The minimum atomic E-state index is -0.435. The van der Waals surface area contributed by atoms with Gasteiger partial charge in [-0.05, 0) is 72.6 Å². The summed E-state index contributed by atoms with van der Waals surface area (Å²) >= 11 is 6.09. The second-order valence-corrected chi connectivity index (χ2v) is 7.49. The number of nitrogens with zero attached hydrogens (tertiary/aromatic N) is 1. The second-order valence-electron chi connectivity index (χ2n) is 7.09. The van der Waals surface area contributed by atoms with Crippen molar-refractivity contribution in [2.75, 3.05) is 26.1 Å². The van der Waals surface area contributed by atoms with Crippen molar-refractivity contribution in [1.29, 1.82) is 0 Å². The van der Waals surface area contributed by atoms with Gasteiger partial charge in [0, 0.05) is 16.3 Å². The van der Waals surface area contributed by atoms with Gasteiger partial charge in [0.2, 0.25) is 0 Å². The Balaban J connectivity index is 1.49. The highest BCUT2D eigenvalue weighted by molar-refractivity contribution is 6.31. The Hall–Kier alpha value is -4.04. The van der Waals surface area contributed by atoms with Crippen molar-refractivity contribution in [3.05, 3.63) is 82.4 Å². The van der Waals surface area contributed by atoms with Crippen molar-refractivity contribution in [3.63, 3.8) is 0 Å². The van der Waals surface area contributed by atoms with Crippen LogP contribution in [0.5, 0.6) is 17.2 Å². The van der Waals surface area contributed by atoms with Crippen LogP contribution in [0, 0.1) is 6.92 Å². The van der Waals surface area contributed by atoms with E-state index in [2.05, 4.69) is 15.8 Å². The van der Waals surface area contributed by atoms with Gasteiger partial charge < -0.3 is 19.5 Å². The first-order valence-electron chi connectivity index (χ1n) is 10.2. The highest BCUT2D eigenvalue weighted by Gasteiger charge is 2.10. The molecule has 2 amide bonds. The van der Waals surface area contributed by atoms with Crippen LogP contribution >= 0.6 is 11.6 Å². The number of anilines is 1. The minimum Gasteiger partial charge on any atom is -0.493 e. The summed E-state index contributed by atoms with van der Waals surface area (Å²) in [5, 5.41) is 7.32. The molecule has 8 nitrogen and oxygen atoms in total. The molecule has 0 radical (unpaired) electrons. The molecule has 0 heterocycles.